The predicted octanol–water partition coefficient (Wildman–Crippen LogP) is 5.87. The fourth-order valence-electron chi connectivity index (χ4n) is 5.44. The highest BCUT2D eigenvalue weighted by molar-refractivity contribution is 14.1. The molecule has 0 saturated carbocycles. The van der Waals surface area contributed by atoms with Crippen LogP contribution in [0, 0.1) is 3.57 Å². The molecule has 0 fully saturated rings. The summed E-state index contributed by atoms with van der Waals surface area (Å²) in [6.45, 7) is 7.65. The van der Waals surface area contributed by atoms with Gasteiger partial charge in [-0.05, 0) is 125 Å². The Bertz CT molecular complexity index is 2220. The van der Waals surface area contributed by atoms with Gasteiger partial charge in [0, 0.05) is 0 Å². The van der Waals surface area contributed by atoms with Crippen molar-refractivity contribution < 1.29 is 42.8 Å². The fourth-order valence-corrected chi connectivity index (χ4v) is 8.26. The third-order valence-electron chi connectivity index (χ3n) is 7.84. The molecule has 3 aromatic carbocycles. The molecule has 278 valence electrons. The first-order valence-electron chi connectivity index (χ1n) is 16.5. The normalized spacial score (nSPS) is 13.9. The van der Waals surface area contributed by atoms with Crippen molar-refractivity contribution in [2.24, 2.45) is 4.99 Å². The largest absolute Gasteiger partial charge is 0.490 e. The average molecular weight is 920 g/mol. The van der Waals surface area contributed by atoms with E-state index in [2.05, 4.69) is 43.5 Å². The lowest BCUT2D eigenvalue weighted by molar-refractivity contribution is -0.143. The van der Waals surface area contributed by atoms with E-state index in [9.17, 15) is 19.2 Å². The summed E-state index contributed by atoms with van der Waals surface area (Å²) >= 11 is 7.01. The van der Waals surface area contributed by atoms with E-state index < -0.39 is 18.0 Å². The number of fused-ring (bicyclic) bond motifs is 1. The second kappa shape index (κ2) is 18.0. The van der Waals surface area contributed by atoms with Gasteiger partial charge in [-0.3, -0.25) is 9.36 Å². The van der Waals surface area contributed by atoms with Crippen molar-refractivity contribution in [3.8, 4) is 17.2 Å². The first-order valence-corrected chi connectivity index (χ1v) is 19.2. The van der Waals surface area contributed by atoms with Crippen LogP contribution in [0.25, 0.3) is 6.08 Å². The molecule has 0 unspecified atom stereocenters. The number of hydrogen-bond donors (Lipinski definition) is 0. The third-order valence-corrected chi connectivity index (χ3v) is 10.2. The number of ether oxygens (including phenoxy) is 6. The van der Waals surface area contributed by atoms with E-state index in [0.717, 1.165) is 14.7 Å². The molecule has 15 heteroatoms. The molecule has 0 radical (unpaired) electrons. The Balaban J connectivity index is 1.50. The van der Waals surface area contributed by atoms with Gasteiger partial charge >= 0.3 is 17.9 Å². The number of nitrogens with zero attached hydrogens (tertiary/aromatic N) is 2. The highest BCUT2D eigenvalue weighted by Crippen LogP contribution is 2.37. The Kier molecular flexibility index (Phi) is 13.5. The molecule has 1 atom stereocenters. The summed E-state index contributed by atoms with van der Waals surface area (Å²) in [6.07, 6.45) is 1.77. The van der Waals surface area contributed by atoms with Crippen molar-refractivity contribution in [3.63, 3.8) is 0 Å². The first-order chi connectivity index (χ1) is 25.5. The molecule has 0 N–H and O–H groups in total. The van der Waals surface area contributed by atoms with Crippen LogP contribution in [0.2, 0.25) is 0 Å². The molecular weight excluding hydrogens is 883 g/mol. The molecular formula is C38H36BrIN2O10S. The van der Waals surface area contributed by atoms with Crippen molar-refractivity contribution in [1.29, 1.82) is 0 Å². The number of carbonyl (C=O) groups is 3. The number of rotatable bonds is 14. The Morgan fingerprint density at radius 1 is 0.925 bits per heavy atom. The average Bonchev–Trinajstić information content (AvgIpc) is 3.43. The van der Waals surface area contributed by atoms with E-state index >= 15 is 0 Å². The monoisotopic (exact) mass is 918 g/mol. The molecule has 0 aliphatic carbocycles. The second-order valence-electron chi connectivity index (χ2n) is 11.3. The van der Waals surface area contributed by atoms with Crippen LogP contribution < -0.4 is 29.1 Å². The number of esters is 3. The molecule has 53 heavy (non-hydrogen) atoms. The third kappa shape index (κ3) is 9.19. The minimum absolute atomic E-state index is 0.131. The van der Waals surface area contributed by atoms with Crippen LogP contribution in [-0.4, -0.2) is 56.0 Å². The van der Waals surface area contributed by atoms with Gasteiger partial charge in [0.15, 0.2) is 22.9 Å². The van der Waals surface area contributed by atoms with Crippen molar-refractivity contribution in [2.45, 2.75) is 40.3 Å². The summed E-state index contributed by atoms with van der Waals surface area (Å²) in [5.74, 6) is -0.289. The molecule has 1 aliphatic rings. The van der Waals surface area contributed by atoms with Crippen molar-refractivity contribution in [1.82, 2.24) is 4.57 Å². The van der Waals surface area contributed by atoms with E-state index in [1.54, 1.807) is 64.1 Å². The molecule has 0 saturated heterocycles. The zero-order valence-corrected chi connectivity index (χ0v) is 34.1. The molecule has 4 aromatic rings. The molecule has 0 bridgehead atoms. The Morgan fingerprint density at radius 3 is 2.30 bits per heavy atom. The molecule has 12 nitrogen and oxygen atoms in total. The van der Waals surface area contributed by atoms with E-state index in [1.165, 1.54) is 23.0 Å². The highest BCUT2D eigenvalue weighted by Gasteiger charge is 2.34. The fraction of sp³-hybridized carbons (Fsp3) is 0.289. The summed E-state index contributed by atoms with van der Waals surface area (Å²) < 4.78 is 36.2. The highest BCUT2D eigenvalue weighted by atomic mass is 127. The lowest BCUT2D eigenvalue weighted by atomic mass is 9.95. The van der Waals surface area contributed by atoms with E-state index in [1.807, 2.05) is 24.3 Å². The van der Waals surface area contributed by atoms with E-state index in [4.69, 9.17) is 28.4 Å². The number of carbonyl (C=O) groups excluding carboxylic acids is 3. The standard InChI is InChI=1S/C38H36BrIN2O10S/c1-6-48-29-18-25(13-14-28(29)51-20-31(43)47-5)33-32(37(46)50-8-3)21(4)41-38-42(33)35(44)30(53-38)17-23-15-26(39)34(27(40)16-23)52-19-22-9-11-24(12-10-22)36(45)49-7-2/h9-18,33H,6-8,19-20H2,1-5H3/b30-17+/t33-/m1/s1. The van der Waals surface area contributed by atoms with Gasteiger partial charge in [-0.15, -0.1) is 0 Å². The topological polar surface area (TPSA) is 141 Å². The quantitative estimate of drug-likeness (QED) is 0.0857. The van der Waals surface area contributed by atoms with Gasteiger partial charge in [-0.25, -0.2) is 19.4 Å². The molecule has 1 aliphatic heterocycles. The molecule has 5 rings (SSSR count). The summed E-state index contributed by atoms with van der Waals surface area (Å²) in [7, 11) is 1.27. The van der Waals surface area contributed by atoms with Gasteiger partial charge < -0.3 is 28.4 Å². The van der Waals surface area contributed by atoms with E-state index in [0.29, 0.717) is 61.1 Å². The van der Waals surface area contributed by atoms with Crippen LogP contribution in [0.5, 0.6) is 17.2 Å². The van der Waals surface area contributed by atoms with Gasteiger partial charge in [0.2, 0.25) is 0 Å². The zero-order valence-electron chi connectivity index (χ0n) is 29.5. The summed E-state index contributed by atoms with van der Waals surface area (Å²) in [6, 6.07) is 14.9. The van der Waals surface area contributed by atoms with Crippen LogP contribution in [0.1, 0.15) is 60.8 Å². The Morgan fingerprint density at radius 2 is 1.64 bits per heavy atom. The van der Waals surface area contributed by atoms with Crippen LogP contribution in [0.4, 0.5) is 0 Å². The van der Waals surface area contributed by atoms with Gasteiger partial charge in [0.25, 0.3) is 5.56 Å². The Hall–Kier alpha value is -4.48. The van der Waals surface area contributed by atoms with Gasteiger partial charge in [-0.1, -0.05) is 29.5 Å². The predicted molar refractivity (Wildman–Crippen MR) is 209 cm³/mol. The van der Waals surface area contributed by atoms with Crippen LogP contribution >= 0.6 is 49.9 Å². The summed E-state index contributed by atoms with van der Waals surface area (Å²) in [4.78, 5) is 56.5. The van der Waals surface area contributed by atoms with Gasteiger partial charge in [0.05, 0.1) is 62.4 Å². The maximum Gasteiger partial charge on any atom is 0.343 e. The molecule has 0 amide bonds. The lowest BCUT2D eigenvalue weighted by Gasteiger charge is -2.25. The molecule has 0 spiro atoms. The van der Waals surface area contributed by atoms with Crippen molar-refractivity contribution in [3.05, 3.63) is 116 Å². The number of thiazole rings is 1. The number of methoxy groups -OCH3 is 1. The number of hydrogen-bond acceptors (Lipinski definition) is 12. The van der Waals surface area contributed by atoms with Crippen LogP contribution in [0.3, 0.4) is 0 Å². The number of benzene rings is 3. The second-order valence-corrected chi connectivity index (χ2v) is 14.4. The van der Waals surface area contributed by atoms with Crippen LogP contribution in [-0.2, 0) is 30.4 Å². The number of aromatic nitrogens is 1. The molecule has 1 aromatic heterocycles. The smallest absolute Gasteiger partial charge is 0.343 e. The maximum absolute atomic E-state index is 14.3. The van der Waals surface area contributed by atoms with Crippen molar-refractivity contribution in [2.75, 3.05) is 33.5 Å². The SMILES string of the molecule is CCOC(=O)C1=C(C)N=c2s/c(=C/c3cc(Br)c(OCc4ccc(C(=O)OCC)cc4)c(I)c3)c(=O)n2[C@@H]1c1ccc(OCC(=O)OC)c(OCC)c1. The minimum Gasteiger partial charge on any atom is -0.490 e. The van der Waals surface area contributed by atoms with Crippen LogP contribution in [0.15, 0.2) is 80.1 Å². The van der Waals surface area contributed by atoms with Gasteiger partial charge in [0.1, 0.15) is 12.4 Å². The summed E-state index contributed by atoms with van der Waals surface area (Å²) in [5.41, 5.74) is 2.91. The Labute approximate surface area is 331 Å². The first kappa shape index (κ1) is 39.7. The lowest BCUT2D eigenvalue weighted by Crippen LogP contribution is -2.40. The summed E-state index contributed by atoms with van der Waals surface area (Å²) in [5, 5.41) is 0. The number of halogens is 2. The van der Waals surface area contributed by atoms with E-state index in [-0.39, 0.29) is 36.9 Å². The number of allylic oxidation sites excluding steroid dienone is 1. The zero-order chi connectivity index (χ0) is 38.2. The molecule has 2 heterocycles. The van der Waals surface area contributed by atoms with Gasteiger partial charge in [-0.2, -0.15) is 0 Å². The van der Waals surface area contributed by atoms with Crippen molar-refractivity contribution >= 4 is 73.8 Å². The maximum atomic E-state index is 14.3. The minimum atomic E-state index is -0.893.